The van der Waals surface area contributed by atoms with Gasteiger partial charge in [-0.15, -0.1) is 0 Å². The quantitative estimate of drug-likeness (QED) is 0.810. The van der Waals surface area contributed by atoms with Gasteiger partial charge in [0.1, 0.15) is 0 Å². The summed E-state index contributed by atoms with van der Waals surface area (Å²) in [5.74, 6) is 0.395. The van der Waals surface area contributed by atoms with Crippen molar-refractivity contribution in [1.29, 1.82) is 0 Å². The maximum absolute atomic E-state index is 12.2. The first-order chi connectivity index (χ1) is 10.1. The summed E-state index contributed by atoms with van der Waals surface area (Å²) in [5, 5.41) is 7.25. The molecule has 1 aromatic rings. The fourth-order valence-corrected chi connectivity index (χ4v) is 2.94. The second-order valence-corrected chi connectivity index (χ2v) is 6.34. The van der Waals surface area contributed by atoms with Crippen LogP contribution in [0, 0.1) is 5.92 Å². The molecule has 1 atom stereocenters. The van der Waals surface area contributed by atoms with Crippen molar-refractivity contribution in [2.45, 2.75) is 45.6 Å². The van der Waals surface area contributed by atoms with Crippen LogP contribution in [-0.2, 0) is 18.3 Å². The molecule has 0 aliphatic carbocycles. The number of nitrogens with zero attached hydrogens (tertiary/aromatic N) is 3. The predicted molar refractivity (Wildman–Crippen MR) is 84.0 cm³/mol. The van der Waals surface area contributed by atoms with E-state index in [4.69, 9.17) is 0 Å². The molecule has 5 nitrogen and oxygen atoms in total. The van der Waals surface area contributed by atoms with Crippen molar-refractivity contribution >= 4 is 5.91 Å². The molecular formula is C16H28N4O. The van der Waals surface area contributed by atoms with E-state index in [-0.39, 0.29) is 11.8 Å². The molecule has 2 heterocycles. The van der Waals surface area contributed by atoms with Gasteiger partial charge in [0.2, 0.25) is 5.91 Å². The van der Waals surface area contributed by atoms with E-state index < -0.39 is 0 Å². The third kappa shape index (κ3) is 4.84. The van der Waals surface area contributed by atoms with Crippen molar-refractivity contribution in [2.24, 2.45) is 13.0 Å². The van der Waals surface area contributed by atoms with Crippen LogP contribution in [0.25, 0.3) is 0 Å². The zero-order chi connectivity index (χ0) is 15.2. The number of carbonyl (C=O) groups is 1. The second-order valence-electron chi connectivity index (χ2n) is 6.34. The van der Waals surface area contributed by atoms with E-state index in [1.165, 1.54) is 5.56 Å². The van der Waals surface area contributed by atoms with Crippen molar-refractivity contribution in [1.82, 2.24) is 20.0 Å². The normalized spacial score (nSPS) is 19.9. The Morgan fingerprint density at radius 3 is 3.00 bits per heavy atom. The van der Waals surface area contributed by atoms with Crippen LogP contribution in [-0.4, -0.2) is 46.3 Å². The minimum Gasteiger partial charge on any atom is -0.356 e. The summed E-state index contributed by atoms with van der Waals surface area (Å²) in [6.45, 7) is 7.20. The van der Waals surface area contributed by atoms with Gasteiger partial charge in [0, 0.05) is 32.4 Å². The number of aromatic nitrogens is 2. The van der Waals surface area contributed by atoms with Gasteiger partial charge < -0.3 is 10.2 Å². The van der Waals surface area contributed by atoms with Gasteiger partial charge in [-0.1, -0.05) is 0 Å². The summed E-state index contributed by atoms with van der Waals surface area (Å²) >= 11 is 0. The number of likely N-dealkylation sites (tertiary alicyclic amines) is 1. The minimum absolute atomic E-state index is 0.166. The molecule has 5 heteroatoms. The molecule has 0 aromatic carbocycles. The molecule has 1 aromatic heterocycles. The maximum atomic E-state index is 12.2. The van der Waals surface area contributed by atoms with Crippen LogP contribution in [0.15, 0.2) is 12.4 Å². The highest BCUT2D eigenvalue weighted by molar-refractivity contribution is 5.78. The Balaban J connectivity index is 1.67. The number of hydrogen-bond acceptors (Lipinski definition) is 3. The molecule has 0 radical (unpaired) electrons. The first-order valence-corrected chi connectivity index (χ1v) is 8.05. The lowest BCUT2D eigenvalue weighted by atomic mass is 9.96. The lowest BCUT2D eigenvalue weighted by Crippen LogP contribution is -2.45. The summed E-state index contributed by atoms with van der Waals surface area (Å²) < 4.78 is 1.82. The molecule has 1 unspecified atom stereocenters. The summed E-state index contributed by atoms with van der Waals surface area (Å²) in [4.78, 5) is 14.6. The minimum atomic E-state index is 0.166. The Kier molecular flexibility index (Phi) is 5.79. The lowest BCUT2D eigenvalue weighted by molar-refractivity contribution is -0.126. The monoisotopic (exact) mass is 292 g/mol. The summed E-state index contributed by atoms with van der Waals surface area (Å²) in [5.41, 5.74) is 1.23. The third-order valence-electron chi connectivity index (χ3n) is 4.25. The van der Waals surface area contributed by atoms with Crippen molar-refractivity contribution in [3.63, 3.8) is 0 Å². The molecule has 1 amide bonds. The Labute approximate surface area is 127 Å². The highest BCUT2D eigenvalue weighted by Crippen LogP contribution is 2.18. The Morgan fingerprint density at radius 2 is 2.33 bits per heavy atom. The molecule has 0 spiro atoms. The SMILES string of the molecule is CC(C)N1CCCC(C(=O)NCCCc2cnn(C)c2)C1. The smallest absolute Gasteiger partial charge is 0.224 e. The molecule has 2 rings (SSSR count). The molecule has 1 fully saturated rings. The first kappa shape index (κ1) is 16.0. The molecule has 21 heavy (non-hydrogen) atoms. The summed E-state index contributed by atoms with van der Waals surface area (Å²) in [6.07, 6.45) is 8.02. The summed E-state index contributed by atoms with van der Waals surface area (Å²) in [6, 6.07) is 0.534. The fourth-order valence-electron chi connectivity index (χ4n) is 2.94. The number of carbonyl (C=O) groups excluding carboxylic acids is 1. The van der Waals surface area contributed by atoms with Crippen LogP contribution in [0.2, 0.25) is 0 Å². The van der Waals surface area contributed by atoms with Gasteiger partial charge in [-0.2, -0.15) is 5.10 Å². The van der Waals surface area contributed by atoms with Gasteiger partial charge >= 0.3 is 0 Å². The molecular weight excluding hydrogens is 264 g/mol. The van der Waals surface area contributed by atoms with E-state index in [0.717, 1.165) is 45.3 Å². The standard InChI is InChI=1S/C16H28N4O/c1-13(2)20-9-5-7-15(12-20)16(21)17-8-4-6-14-10-18-19(3)11-14/h10-11,13,15H,4-9,12H2,1-3H3,(H,17,21). The number of amides is 1. The average molecular weight is 292 g/mol. The average Bonchev–Trinajstić information content (AvgIpc) is 2.89. The topological polar surface area (TPSA) is 50.2 Å². The van der Waals surface area contributed by atoms with E-state index in [1.54, 1.807) is 0 Å². The Hall–Kier alpha value is -1.36. The van der Waals surface area contributed by atoms with Crippen LogP contribution in [0.3, 0.4) is 0 Å². The number of rotatable bonds is 6. The zero-order valence-corrected chi connectivity index (χ0v) is 13.5. The molecule has 1 N–H and O–H groups in total. The highest BCUT2D eigenvalue weighted by Gasteiger charge is 2.26. The first-order valence-electron chi connectivity index (χ1n) is 8.05. The predicted octanol–water partition coefficient (Wildman–Crippen LogP) is 1.59. The van der Waals surface area contributed by atoms with E-state index in [2.05, 4.69) is 29.2 Å². The van der Waals surface area contributed by atoms with Crippen LogP contribution < -0.4 is 5.32 Å². The number of hydrogen-bond donors (Lipinski definition) is 1. The Morgan fingerprint density at radius 1 is 1.52 bits per heavy atom. The summed E-state index contributed by atoms with van der Waals surface area (Å²) in [7, 11) is 1.93. The van der Waals surface area contributed by atoms with Gasteiger partial charge in [-0.3, -0.25) is 9.48 Å². The Bertz CT molecular complexity index is 455. The van der Waals surface area contributed by atoms with Gasteiger partial charge in [0.05, 0.1) is 12.1 Å². The van der Waals surface area contributed by atoms with Gasteiger partial charge in [-0.25, -0.2) is 0 Å². The lowest BCUT2D eigenvalue weighted by Gasteiger charge is -2.34. The van der Waals surface area contributed by atoms with E-state index in [0.29, 0.717) is 6.04 Å². The number of aryl methyl sites for hydroxylation is 2. The molecule has 1 aliphatic rings. The van der Waals surface area contributed by atoms with Crippen LogP contribution in [0.1, 0.15) is 38.7 Å². The van der Waals surface area contributed by atoms with Crippen LogP contribution in [0.4, 0.5) is 0 Å². The van der Waals surface area contributed by atoms with E-state index in [9.17, 15) is 4.79 Å². The molecule has 0 bridgehead atoms. The molecule has 118 valence electrons. The third-order valence-corrected chi connectivity index (χ3v) is 4.25. The van der Waals surface area contributed by atoms with Crippen LogP contribution in [0.5, 0.6) is 0 Å². The van der Waals surface area contributed by atoms with Crippen LogP contribution >= 0.6 is 0 Å². The largest absolute Gasteiger partial charge is 0.356 e. The fraction of sp³-hybridized carbons (Fsp3) is 0.750. The van der Waals surface area contributed by atoms with E-state index in [1.807, 2.05) is 24.1 Å². The van der Waals surface area contributed by atoms with Crippen molar-refractivity contribution in [2.75, 3.05) is 19.6 Å². The van der Waals surface area contributed by atoms with Crippen molar-refractivity contribution < 1.29 is 4.79 Å². The molecule has 0 saturated carbocycles. The highest BCUT2D eigenvalue weighted by atomic mass is 16.1. The van der Waals surface area contributed by atoms with Gasteiger partial charge in [0.25, 0.3) is 0 Å². The van der Waals surface area contributed by atoms with Crippen molar-refractivity contribution in [3.8, 4) is 0 Å². The number of piperidine rings is 1. The molecule has 1 aliphatic heterocycles. The maximum Gasteiger partial charge on any atom is 0.224 e. The molecule has 1 saturated heterocycles. The van der Waals surface area contributed by atoms with Gasteiger partial charge in [0.15, 0.2) is 0 Å². The van der Waals surface area contributed by atoms with E-state index >= 15 is 0 Å². The number of nitrogens with one attached hydrogen (secondary N) is 1. The van der Waals surface area contributed by atoms with Gasteiger partial charge in [-0.05, 0) is 51.6 Å². The van der Waals surface area contributed by atoms with Crippen molar-refractivity contribution in [3.05, 3.63) is 18.0 Å². The zero-order valence-electron chi connectivity index (χ0n) is 13.5. The second kappa shape index (κ2) is 7.59.